The zero-order valence-electron chi connectivity index (χ0n) is 7.30. The maximum atomic E-state index is 5.87. The summed E-state index contributed by atoms with van der Waals surface area (Å²) < 4.78 is 0.976. The van der Waals surface area contributed by atoms with Gasteiger partial charge in [0.05, 0.1) is 0 Å². The maximum Gasteiger partial charge on any atom is 0.0423 e. The van der Waals surface area contributed by atoms with E-state index >= 15 is 0 Å². The standard InChI is InChI=1S/C10H11BrClN/c1-7(13)2-3-8-4-9(11)6-10(12)5-8/h2-7H,13H2,1H3/b3-2+. The number of benzene rings is 1. The predicted octanol–water partition coefficient (Wildman–Crippen LogP) is 3.46. The molecule has 0 saturated carbocycles. The Labute approximate surface area is 91.7 Å². The number of rotatable bonds is 2. The van der Waals surface area contributed by atoms with Crippen LogP contribution in [0.1, 0.15) is 12.5 Å². The van der Waals surface area contributed by atoms with Gasteiger partial charge >= 0.3 is 0 Å². The molecule has 0 fully saturated rings. The van der Waals surface area contributed by atoms with Gasteiger partial charge in [0.2, 0.25) is 0 Å². The van der Waals surface area contributed by atoms with Crippen LogP contribution in [0.5, 0.6) is 0 Å². The summed E-state index contributed by atoms with van der Waals surface area (Å²) in [6, 6.07) is 5.80. The second-order valence-corrected chi connectivity index (χ2v) is 4.27. The zero-order valence-corrected chi connectivity index (χ0v) is 9.64. The molecule has 1 aromatic rings. The van der Waals surface area contributed by atoms with Gasteiger partial charge in [0.15, 0.2) is 0 Å². The minimum atomic E-state index is 0.0674. The molecule has 0 amide bonds. The highest BCUT2D eigenvalue weighted by molar-refractivity contribution is 9.10. The molecule has 0 bridgehead atoms. The molecule has 1 atom stereocenters. The van der Waals surface area contributed by atoms with Crippen LogP contribution < -0.4 is 5.73 Å². The fourth-order valence-corrected chi connectivity index (χ4v) is 1.82. The van der Waals surface area contributed by atoms with Gasteiger partial charge < -0.3 is 5.73 Å². The number of hydrogen-bond donors (Lipinski definition) is 1. The third-order valence-electron chi connectivity index (χ3n) is 1.48. The molecule has 1 nitrogen and oxygen atoms in total. The first-order valence-electron chi connectivity index (χ1n) is 3.98. The molecular formula is C10H11BrClN. The molecule has 0 saturated heterocycles. The molecule has 0 aromatic heterocycles. The van der Waals surface area contributed by atoms with Gasteiger partial charge in [-0.2, -0.15) is 0 Å². The Morgan fingerprint density at radius 2 is 2.15 bits per heavy atom. The van der Waals surface area contributed by atoms with Gasteiger partial charge in [-0.05, 0) is 30.7 Å². The molecule has 1 rings (SSSR count). The number of nitrogens with two attached hydrogens (primary N) is 1. The van der Waals surface area contributed by atoms with Crippen LogP contribution in [0.15, 0.2) is 28.7 Å². The van der Waals surface area contributed by atoms with Crippen molar-refractivity contribution in [2.75, 3.05) is 0 Å². The lowest BCUT2D eigenvalue weighted by Gasteiger charge is -1.98. The monoisotopic (exact) mass is 259 g/mol. The van der Waals surface area contributed by atoms with Gasteiger partial charge in [-0.25, -0.2) is 0 Å². The topological polar surface area (TPSA) is 26.0 Å². The molecule has 0 heterocycles. The molecule has 0 aliphatic heterocycles. The highest BCUT2D eigenvalue weighted by Crippen LogP contribution is 2.20. The first-order chi connectivity index (χ1) is 6.08. The van der Waals surface area contributed by atoms with Crippen LogP contribution in [0.25, 0.3) is 6.08 Å². The Morgan fingerprint density at radius 1 is 1.46 bits per heavy atom. The molecule has 0 spiro atoms. The van der Waals surface area contributed by atoms with E-state index in [-0.39, 0.29) is 6.04 Å². The highest BCUT2D eigenvalue weighted by atomic mass is 79.9. The van der Waals surface area contributed by atoms with Gasteiger partial charge in [-0.15, -0.1) is 0 Å². The Hall–Kier alpha value is -0.310. The van der Waals surface area contributed by atoms with Crippen LogP contribution in [0, 0.1) is 0 Å². The van der Waals surface area contributed by atoms with Crippen LogP contribution >= 0.6 is 27.5 Å². The predicted molar refractivity (Wildman–Crippen MR) is 61.8 cm³/mol. The van der Waals surface area contributed by atoms with Gasteiger partial charge in [0.1, 0.15) is 0 Å². The summed E-state index contributed by atoms with van der Waals surface area (Å²) in [4.78, 5) is 0. The van der Waals surface area contributed by atoms with Crippen LogP contribution in [-0.2, 0) is 0 Å². The third-order valence-corrected chi connectivity index (χ3v) is 2.15. The zero-order chi connectivity index (χ0) is 9.84. The Balaban J connectivity index is 2.89. The lowest BCUT2D eigenvalue weighted by Crippen LogP contribution is -2.09. The lowest BCUT2D eigenvalue weighted by atomic mass is 10.2. The van der Waals surface area contributed by atoms with E-state index in [1.807, 2.05) is 37.3 Å². The average molecular weight is 261 g/mol. The second-order valence-electron chi connectivity index (χ2n) is 2.92. The van der Waals surface area contributed by atoms with Crippen LogP contribution in [-0.4, -0.2) is 6.04 Å². The summed E-state index contributed by atoms with van der Waals surface area (Å²) in [5, 5.41) is 0.721. The fraction of sp³-hybridized carbons (Fsp3) is 0.200. The molecule has 70 valence electrons. The van der Waals surface area contributed by atoms with Gasteiger partial charge in [-0.1, -0.05) is 39.7 Å². The van der Waals surface area contributed by atoms with Crippen molar-refractivity contribution in [1.82, 2.24) is 0 Å². The molecule has 0 radical (unpaired) electrons. The van der Waals surface area contributed by atoms with Crippen molar-refractivity contribution in [3.05, 3.63) is 39.3 Å². The van der Waals surface area contributed by atoms with E-state index in [2.05, 4.69) is 15.9 Å². The minimum Gasteiger partial charge on any atom is -0.325 e. The quantitative estimate of drug-likeness (QED) is 0.866. The van der Waals surface area contributed by atoms with E-state index in [1.54, 1.807) is 0 Å². The Bertz CT molecular complexity index is 300. The van der Waals surface area contributed by atoms with Gasteiger partial charge in [0.25, 0.3) is 0 Å². The SMILES string of the molecule is CC(N)/C=C/c1cc(Cl)cc(Br)c1. The van der Waals surface area contributed by atoms with E-state index in [9.17, 15) is 0 Å². The van der Waals surface area contributed by atoms with E-state index < -0.39 is 0 Å². The van der Waals surface area contributed by atoms with E-state index in [0.717, 1.165) is 15.1 Å². The summed E-state index contributed by atoms with van der Waals surface area (Å²) in [6.07, 6.45) is 3.89. The van der Waals surface area contributed by atoms with E-state index in [4.69, 9.17) is 17.3 Å². The van der Waals surface area contributed by atoms with Crippen molar-refractivity contribution in [3.8, 4) is 0 Å². The van der Waals surface area contributed by atoms with Crippen molar-refractivity contribution in [2.45, 2.75) is 13.0 Å². The lowest BCUT2D eigenvalue weighted by molar-refractivity contribution is 0.931. The largest absolute Gasteiger partial charge is 0.325 e. The number of hydrogen-bond acceptors (Lipinski definition) is 1. The van der Waals surface area contributed by atoms with Crippen molar-refractivity contribution >= 4 is 33.6 Å². The van der Waals surface area contributed by atoms with Gasteiger partial charge in [0, 0.05) is 15.5 Å². The normalized spacial score (nSPS) is 13.5. The summed E-state index contributed by atoms with van der Waals surface area (Å²) in [6.45, 7) is 1.93. The average Bonchev–Trinajstić information content (AvgIpc) is 1.99. The molecular weight excluding hydrogens is 249 g/mol. The molecule has 1 aromatic carbocycles. The highest BCUT2D eigenvalue weighted by Gasteiger charge is 1.94. The summed E-state index contributed by atoms with van der Waals surface area (Å²) in [7, 11) is 0. The fourth-order valence-electron chi connectivity index (χ4n) is 0.934. The van der Waals surface area contributed by atoms with Crippen molar-refractivity contribution in [2.24, 2.45) is 5.73 Å². The molecule has 2 N–H and O–H groups in total. The van der Waals surface area contributed by atoms with Crippen molar-refractivity contribution in [1.29, 1.82) is 0 Å². The summed E-state index contributed by atoms with van der Waals surface area (Å²) in [5.41, 5.74) is 6.64. The van der Waals surface area contributed by atoms with Crippen molar-refractivity contribution < 1.29 is 0 Å². The third kappa shape index (κ3) is 3.94. The Morgan fingerprint density at radius 3 is 2.69 bits per heavy atom. The van der Waals surface area contributed by atoms with Crippen LogP contribution in [0.4, 0.5) is 0 Å². The molecule has 1 unspecified atom stereocenters. The first kappa shape index (κ1) is 10.8. The molecule has 3 heteroatoms. The van der Waals surface area contributed by atoms with Gasteiger partial charge in [-0.3, -0.25) is 0 Å². The Kier molecular flexibility index (Phi) is 3.97. The molecule has 0 aliphatic carbocycles. The van der Waals surface area contributed by atoms with E-state index in [1.165, 1.54) is 0 Å². The smallest absolute Gasteiger partial charge is 0.0423 e. The van der Waals surface area contributed by atoms with Crippen LogP contribution in [0.3, 0.4) is 0 Å². The summed E-state index contributed by atoms with van der Waals surface area (Å²) >= 11 is 9.24. The summed E-state index contributed by atoms with van der Waals surface area (Å²) in [5.74, 6) is 0. The molecule has 13 heavy (non-hydrogen) atoms. The molecule has 0 aliphatic rings. The van der Waals surface area contributed by atoms with Crippen molar-refractivity contribution in [3.63, 3.8) is 0 Å². The number of halogens is 2. The minimum absolute atomic E-state index is 0.0674. The first-order valence-corrected chi connectivity index (χ1v) is 5.15. The maximum absolute atomic E-state index is 5.87. The van der Waals surface area contributed by atoms with Crippen LogP contribution in [0.2, 0.25) is 5.02 Å². The second kappa shape index (κ2) is 4.80. The van der Waals surface area contributed by atoms with E-state index in [0.29, 0.717) is 0 Å².